The lowest BCUT2D eigenvalue weighted by atomic mass is 10.7. The maximum atomic E-state index is 12.0. The van der Waals surface area contributed by atoms with Crippen LogP contribution in [0.25, 0.3) is 0 Å². The Balaban J connectivity index is 2.04. The van der Waals surface area contributed by atoms with Crippen molar-refractivity contribution in [3.8, 4) is 0 Å². The van der Waals surface area contributed by atoms with E-state index in [1.165, 1.54) is 12.2 Å². The van der Waals surface area contributed by atoms with E-state index in [9.17, 15) is 13.7 Å². The van der Waals surface area contributed by atoms with Gasteiger partial charge in [-0.05, 0) is 12.2 Å². The highest BCUT2D eigenvalue weighted by atomic mass is 31.3. The molecule has 0 aromatic heterocycles. The zero-order valence-electron chi connectivity index (χ0n) is 9.74. The standard InChI is InChI=1S/C7H11O9P3/c1-17(8,15-18(9)11-4-2-5-12-18)16-19(10)13-6-3-7-14-19/h2-4,6H,5,7H2,1H3. The third-order valence-electron chi connectivity index (χ3n) is 1.73. The summed E-state index contributed by atoms with van der Waals surface area (Å²) in [6.45, 7) is 0.873. The van der Waals surface area contributed by atoms with E-state index in [0.717, 1.165) is 19.2 Å². The lowest BCUT2D eigenvalue weighted by Gasteiger charge is -2.24. The van der Waals surface area contributed by atoms with Crippen LogP contribution in [-0.4, -0.2) is 19.9 Å². The maximum absolute atomic E-state index is 12.0. The lowest BCUT2D eigenvalue weighted by molar-refractivity contribution is 0.171. The molecule has 12 heteroatoms. The molecule has 0 radical (unpaired) electrons. The topological polar surface area (TPSA) is 107 Å². The first-order valence-corrected chi connectivity index (χ1v) is 9.90. The Morgan fingerprint density at radius 1 is 1.00 bits per heavy atom. The van der Waals surface area contributed by atoms with Gasteiger partial charge in [-0.15, -0.1) is 0 Å². The van der Waals surface area contributed by atoms with Gasteiger partial charge < -0.3 is 9.05 Å². The quantitative estimate of drug-likeness (QED) is 0.717. The molecule has 0 amide bonds. The van der Waals surface area contributed by atoms with Crippen molar-refractivity contribution in [2.45, 2.75) is 0 Å². The van der Waals surface area contributed by atoms with Crippen LogP contribution in [0.15, 0.2) is 24.7 Å². The van der Waals surface area contributed by atoms with Gasteiger partial charge in [-0.3, -0.25) is 13.6 Å². The van der Waals surface area contributed by atoms with Crippen molar-refractivity contribution >= 4 is 23.2 Å². The molecule has 2 rings (SSSR count). The summed E-state index contributed by atoms with van der Waals surface area (Å²) in [6.07, 6.45) is 5.04. The second-order valence-electron chi connectivity index (χ2n) is 3.37. The molecule has 2 heterocycles. The molecule has 2 aliphatic rings. The second kappa shape index (κ2) is 5.54. The smallest absolute Gasteiger partial charge is 0.412 e. The summed E-state index contributed by atoms with van der Waals surface area (Å²) < 4.78 is 63.7. The molecule has 0 aliphatic carbocycles. The van der Waals surface area contributed by atoms with Gasteiger partial charge in [-0.1, -0.05) is 0 Å². The molecule has 0 spiro atoms. The van der Waals surface area contributed by atoms with Gasteiger partial charge in [0.05, 0.1) is 25.7 Å². The highest BCUT2D eigenvalue weighted by Gasteiger charge is 2.44. The van der Waals surface area contributed by atoms with E-state index in [-0.39, 0.29) is 13.2 Å². The molecule has 2 atom stereocenters. The van der Waals surface area contributed by atoms with Crippen molar-refractivity contribution in [3.05, 3.63) is 24.7 Å². The monoisotopic (exact) mass is 332 g/mol. The van der Waals surface area contributed by atoms with Crippen molar-refractivity contribution in [1.82, 2.24) is 0 Å². The first kappa shape index (κ1) is 15.0. The minimum absolute atomic E-state index is 0.0370. The van der Waals surface area contributed by atoms with E-state index < -0.39 is 23.2 Å². The molecule has 0 bridgehead atoms. The highest BCUT2D eigenvalue weighted by molar-refractivity contribution is 7.70. The lowest BCUT2D eigenvalue weighted by Crippen LogP contribution is -2.04. The van der Waals surface area contributed by atoms with Crippen LogP contribution in [0.2, 0.25) is 0 Å². The van der Waals surface area contributed by atoms with Crippen LogP contribution in [0.5, 0.6) is 0 Å². The molecular weight excluding hydrogens is 321 g/mol. The summed E-state index contributed by atoms with van der Waals surface area (Å²) in [6, 6.07) is 0. The molecule has 0 saturated carbocycles. The first-order valence-electron chi connectivity index (χ1n) is 4.99. The average Bonchev–Trinajstić information content (AvgIpc) is 2.27. The zero-order valence-corrected chi connectivity index (χ0v) is 12.4. The first-order chi connectivity index (χ1) is 8.83. The Bertz CT molecular complexity index is 494. The Morgan fingerprint density at radius 2 is 1.42 bits per heavy atom. The maximum Gasteiger partial charge on any atom is 0.537 e. The molecule has 0 N–H and O–H groups in total. The summed E-state index contributed by atoms with van der Waals surface area (Å²) in [5, 5.41) is 0. The van der Waals surface area contributed by atoms with Crippen molar-refractivity contribution in [2.24, 2.45) is 0 Å². The van der Waals surface area contributed by atoms with Crippen LogP contribution in [0.3, 0.4) is 0 Å². The molecule has 2 unspecified atom stereocenters. The molecule has 108 valence electrons. The highest BCUT2D eigenvalue weighted by Crippen LogP contribution is 2.71. The van der Waals surface area contributed by atoms with Crippen molar-refractivity contribution in [3.63, 3.8) is 0 Å². The van der Waals surface area contributed by atoms with Gasteiger partial charge >= 0.3 is 23.2 Å². The predicted molar refractivity (Wildman–Crippen MR) is 63.3 cm³/mol. The molecule has 2 aliphatic heterocycles. The van der Waals surface area contributed by atoms with Crippen molar-refractivity contribution in [1.29, 1.82) is 0 Å². The van der Waals surface area contributed by atoms with Crippen LogP contribution in [0.4, 0.5) is 0 Å². The minimum atomic E-state index is -4.06. The molecule has 0 aromatic rings. The fraction of sp³-hybridized carbons (Fsp3) is 0.429. The number of hydrogen-bond donors (Lipinski definition) is 0. The van der Waals surface area contributed by atoms with Crippen LogP contribution in [0, 0.1) is 0 Å². The summed E-state index contributed by atoms with van der Waals surface area (Å²) >= 11 is 0. The molecule has 0 saturated heterocycles. The van der Waals surface area contributed by atoms with Crippen molar-refractivity contribution < 1.29 is 40.4 Å². The number of rotatable bonds is 4. The Hall–Kier alpha value is -0.390. The van der Waals surface area contributed by atoms with Gasteiger partial charge in [0.25, 0.3) is 0 Å². The third-order valence-corrected chi connectivity index (χ3v) is 7.39. The van der Waals surface area contributed by atoms with E-state index in [0.29, 0.717) is 0 Å². The molecule has 9 nitrogen and oxygen atoms in total. The van der Waals surface area contributed by atoms with E-state index in [1.807, 2.05) is 0 Å². The fourth-order valence-corrected chi connectivity index (χ4v) is 6.22. The summed E-state index contributed by atoms with van der Waals surface area (Å²) in [7, 11) is -12.2. The van der Waals surface area contributed by atoms with Crippen LogP contribution in [-0.2, 0) is 40.4 Å². The van der Waals surface area contributed by atoms with Gasteiger partial charge in [-0.2, -0.15) is 8.62 Å². The Kier molecular flexibility index (Phi) is 4.38. The van der Waals surface area contributed by atoms with Crippen LogP contribution >= 0.6 is 23.2 Å². The molecule has 0 fully saturated rings. The van der Waals surface area contributed by atoms with Crippen molar-refractivity contribution in [2.75, 3.05) is 19.9 Å². The molecule has 0 aromatic carbocycles. The van der Waals surface area contributed by atoms with E-state index >= 15 is 0 Å². The fourth-order valence-electron chi connectivity index (χ4n) is 1.11. The zero-order chi connectivity index (χ0) is 14.0. The van der Waals surface area contributed by atoms with E-state index in [2.05, 4.69) is 17.7 Å². The Morgan fingerprint density at radius 3 is 1.74 bits per heavy atom. The van der Waals surface area contributed by atoms with Gasteiger partial charge in [0.15, 0.2) is 0 Å². The van der Waals surface area contributed by atoms with Crippen LogP contribution < -0.4 is 0 Å². The molecular formula is C7H11O9P3. The van der Waals surface area contributed by atoms with E-state index in [1.54, 1.807) is 0 Å². The third kappa shape index (κ3) is 4.29. The minimum Gasteiger partial charge on any atom is -0.412 e. The summed E-state index contributed by atoms with van der Waals surface area (Å²) in [5.74, 6) is 0. The van der Waals surface area contributed by atoms with Gasteiger partial charge in [0, 0.05) is 6.66 Å². The van der Waals surface area contributed by atoms with Gasteiger partial charge in [0.2, 0.25) is 0 Å². The summed E-state index contributed by atoms with van der Waals surface area (Å²) in [4.78, 5) is 0. The second-order valence-corrected chi connectivity index (χ2v) is 8.95. The molecule has 19 heavy (non-hydrogen) atoms. The average molecular weight is 332 g/mol. The van der Waals surface area contributed by atoms with Gasteiger partial charge in [-0.25, -0.2) is 9.13 Å². The number of phosphoric acid groups is 2. The summed E-state index contributed by atoms with van der Waals surface area (Å²) in [5.41, 5.74) is 0. The van der Waals surface area contributed by atoms with Crippen LogP contribution in [0.1, 0.15) is 0 Å². The normalized spacial score (nSPS) is 37.1. The SMILES string of the molecule is CP(=O)(OP1(=O)OC=CCO1)OP1(=O)OC=CCO1. The van der Waals surface area contributed by atoms with E-state index in [4.69, 9.17) is 9.05 Å². The predicted octanol–water partition coefficient (Wildman–Crippen LogP) is 3.18. The number of phosphoric ester groups is 2. The Labute approximate surface area is 109 Å². The largest absolute Gasteiger partial charge is 0.537 e. The van der Waals surface area contributed by atoms with Gasteiger partial charge in [0.1, 0.15) is 0 Å². The number of hydrogen-bond acceptors (Lipinski definition) is 9.